The predicted molar refractivity (Wildman–Crippen MR) is 148 cm³/mol. The summed E-state index contributed by atoms with van der Waals surface area (Å²) in [4.78, 5) is 19.6. The molecule has 0 unspecified atom stereocenters. The van der Waals surface area contributed by atoms with Crippen molar-refractivity contribution in [2.24, 2.45) is 4.99 Å². The smallest absolute Gasteiger partial charge is 0.259 e. The molecule has 0 spiro atoms. The number of benzene rings is 2. The van der Waals surface area contributed by atoms with E-state index in [0.717, 1.165) is 58.4 Å². The second-order valence-corrected chi connectivity index (χ2v) is 10.5. The van der Waals surface area contributed by atoms with E-state index in [1.54, 1.807) is 24.7 Å². The van der Waals surface area contributed by atoms with Gasteiger partial charge in [-0.05, 0) is 83.4 Å². The van der Waals surface area contributed by atoms with Crippen molar-refractivity contribution in [1.82, 2.24) is 0 Å². The van der Waals surface area contributed by atoms with E-state index in [1.807, 2.05) is 42.5 Å². The zero-order valence-corrected chi connectivity index (χ0v) is 22.6. The van der Waals surface area contributed by atoms with E-state index in [4.69, 9.17) is 14.5 Å². The highest BCUT2D eigenvalue weighted by atomic mass is 79.9. The lowest BCUT2D eigenvalue weighted by atomic mass is 9.96. The largest absolute Gasteiger partial charge is 0.493 e. The fraction of sp³-hybridized carbons (Fsp3) is 0.357. The van der Waals surface area contributed by atoms with Crippen LogP contribution in [-0.4, -0.2) is 25.8 Å². The van der Waals surface area contributed by atoms with E-state index in [2.05, 4.69) is 28.2 Å². The molecule has 1 aliphatic rings. The first-order valence-corrected chi connectivity index (χ1v) is 13.8. The van der Waals surface area contributed by atoms with E-state index in [0.29, 0.717) is 23.7 Å². The topological polar surface area (TPSA) is 59.9 Å². The van der Waals surface area contributed by atoms with Gasteiger partial charge in [0.1, 0.15) is 5.00 Å². The Bertz CT molecular complexity index is 1190. The maximum absolute atomic E-state index is 13.5. The van der Waals surface area contributed by atoms with E-state index < -0.39 is 0 Å². The average Bonchev–Trinajstić information content (AvgIpc) is 3.18. The van der Waals surface area contributed by atoms with Crippen molar-refractivity contribution in [2.45, 2.75) is 51.9 Å². The molecule has 184 valence electrons. The molecule has 0 fully saturated rings. The highest BCUT2D eigenvalue weighted by Gasteiger charge is 2.24. The number of nitrogens with one attached hydrogen (secondary N) is 1. The van der Waals surface area contributed by atoms with Gasteiger partial charge in [-0.25, -0.2) is 4.99 Å². The third-order valence-corrected chi connectivity index (χ3v) is 7.73. The van der Waals surface area contributed by atoms with Gasteiger partial charge in [0, 0.05) is 16.8 Å². The lowest BCUT2D eigenvalue weighted by Gasteiger charge is -2.13. The Balaban J connectivity index is 1.69. The normalized spacial score (nSPS) is 13.7. The summed E-state index contributed by atoms with van der Waals surface area (Å²) in [5.74, 6) is 1.24. The van der Waals surface area contributed by atoms with Crippen LogP contribution in [0.4, 0.5) is 10.7 Å². The molecule has 0 aliphatic heterocycles. The number of aryl methyl sites for hydroxylation is 1. The van der Waals surface area contributed by atoms with Crippen molar-refractivity contribution in [3.8, 4) is 11.5 Å². The number of hydrogen-bond donors (Lipinski definition) is 1. The van der Waals surface area contributed by atoms with E-state index in [9.17, 15) is 4.79 Å². The van der Waals surface area contributed by atoms with Gasteiger partial charge in [0.2, 0.25) is 0 Å². The van der Waals surface area contributed by atoms with Gasteiger partial charge in [0.05, 0.1) is 23.8 Å². The lowest BCUT2D eigenvalue weighted by molar-refractivity contribution is 0.102. The fourth-order valence-electron chi connectivity index (χ4n) is 4.24. The minimum atomic E-state index is -0.0940. The Kier molecular flexibility index (Phi) is 8.99. The molecule has 1 amide bonds. The standard InChI is InChI=1S/C28H31BrN2O3S/c1-3-15-34-26-22(29)16-19(17-23(26)33-2)18-30-28-25(27(32)31-20-11-7-6-8-12-20)21-13-9-4-5-10-14-24(21)35-28/h6-8,11-12,16-18H,3-5,9-10,13-15H2,1-2H3,(H,31,32). The Morgan fingerprint density at radius 2 is 1.91 bits per heavy atom. The number of methoxy groups -OCH3 is 1. The summed E-state index contributed by atoms with van der Waals surface area (Å²) in [7, 11) is 1.63. The molecule has 1 aliphatic carbocycles. The number of anilines is 1. The number of aliphatic imine (C=N–C) groups is 1. The van der Waals surface area contributed by atoms with Crippen LogP contribution in [-0.2, 0) is 12.8 Å². The lowest BCUT2D eigenvalue weighted by Crippen LogP contribution is -2.14. The molecule has 0 radical (unpaired) electrons. The maximum Gasteiger partial charge on any atom is 0.259 e. The van der Waals surface area contributed by atoms with Gasteiger partial charge in [0.25, 0.3) is 5.91 Å². The third kappa shape index (κ3) is 6.33. The summed E-state index contributed by atoms with van der Waals surface area (Å²) in [6.07, 6.45) is 9.33. The average molecular weight is 556 g/mol. The van der Waals surface area contributed by atoms with E-state index >= 15 is 0 Å². The molecule has 1 N–H and O–H groups in total. The van der Waals surface area contributed by atoms with Crippen LogP contribution in [0.5, 0.6) is 11.5 Å². The molecular formula is C28H31BrN2O3S. The van der Waals surface area contributed by atoms with Crippen molar-refractivity contribution in [3.63, 3.8) is 0 Å². The summed E-state index contributed by atoms with van der Waals surface area (Å²) >= 11 is 5.25. The Labute approximate surface area is 219 Å². The maximum atomic E-state index is 13.5. The number of ether oxygens (including phenoxy) is 2. The molecule has 5 nitrogen and oxygen atoms in total. The van der Waals surface area contributed by atoms with Crippen molar-refractivity contribution in [1.29, 1.82) is 0 Å². The fourth-order valence-corrected chi connectivity index (χ4v) is 6.04. The first-order chi connectivity index (χ1) is 17.1. The van der Waals surface area contributed by atoms with Crippen LogP contribution in [0.3, 0.4) is 0 Å². The molecular weight excluding hydrogens is 524 g/mol. The van der Waals surface area contributed by atoms with E-state index in [-0.39, 0.29) is 5.91 Å². The molecule has 1 aromatic heterocycles. The van der Waals surface area contributed by atoms with Crippen LogP contribution in [0.1, 0.15) is 65.4 Å². The molecule has 0 saturated carbocycles. The van der Waals surface area contributed by atoms with Gasteiger partial charge >= 0.3 is 0 Å². The van der Waals surface area contributed by atoms with Crippen LogP contribution in [0, 0.1) is 0 Å². The molecule has 0 saturated heterocycles. The molecule has 7 heteroatoms. The molecule has 4 rings (SSSR count). The molecule has 0 bridgehead atoms. The zero-order valence-electron chi connectivity index (χ0n) is 20.2. The first kappa shape index (κ1) is 25.5. The number of para-hydroxylation sites is 1. The van der Waals surface area contributed by atoms with Crippen molar-refractivity contribution in [2.75, 3.05) is 19.0 Å². The third-order valence-electron chi connectivity index (χ3n) is 5.94. The second kappa shape index (κ2) is 12.4. The van der Waals surface area contributed by atoms with Gasteiger partial charge in [-0.15, -0.1) is 11.3 Å². The van der Waals surface area contributed by atoms with Gasteiger partial charge in [-0.1, -0.05) is 38.0 Å². The summed E-state index contributed by atoms with van der Waals surface area (Å²) < 4.78 is 12.2. The SMILES string of the molecule is CCCOc1c(Br)cc(C=Nc2sc3c(c2C(=O)Nc2ccccc2)CCCCCC3)cc1OC. The van der Waals surface area contributed by atoms with Crippen molar-refractivity contribution >= 4 is 50.1 Å². The summed E-state index contributed by atoms with van der Waals surface area (Å²) in [6.45, 7) is 2.68. The van der Waals surface area contributed by atoms with Gasteiger partial charge < -0.3 is 14.8 Å². The monoisotopic (exact) mass is 554 g/mol. The van der Waals surface area contributed by atoms with Crippen molar-refractivity contribution in [3.05, 3.63) is 68.5 Å². The number of amides is 1. The minimum Gasteiger partial charge on any atom is -0.493 e. The minimum absolute atomic E-state index is 0.0940. The summed E-state index contributed by atoms with van der Waals surface area (Å²) in [5, 5.41) is 3.83. The molecule has 0 atom stereocenters. The van der Waals surface area contributed by atoms with Crippen LogP contribution < -0.4 is 14.8 Å². The Morgan fingerprint density at radius 3 is 2.66 bits per heavy atom. The predicted octanol–water partition coefficient (Wildman–Crippen LogP) is 7.97. The highest BCUT2D eigenvalue weighted by molar-refractivity contribution is 9.10. The summed E-state index contributed by atoms with van der Waals surface area (Å²) in [6, 6.07) is 13.5. The van der Waals surface area contributed by atoms with Crippen LogP contribution >= 0.6 is 27.3 Å². The van der Waals surface area contributed by atoms with Crippen LogP contribution in [0.2, 0.25) is 0 Å². The number of carbonyl (C=O) groups is 1. The number of nitrogens with zero attached hydrogens (tertiary/aromatic N) is 1. The molecule has 35 heavy (non-hydrogen) atoms. The number of fused-ring (bicyclic) bond motifs is 1. The van der Waals surface area contributed by atoms with Crippen LogP contribution in [0.25, 0.3) is 0 Å². The first-order valence-electron chi connectivity index (χ1n) is 12.2. The Morgan fingerprint density at radius 1 is 1.14 bits per heavy atom. The van der Waals surface area contributed by atoms with Crippen molar-refractivity contribution < 1.29 is 14.3 Å². The number of carbonyl (C=O) groups excluding carboxylic acids is 1. The quantitative estimate of drug-likeness (QED) is 0.287. The molecule has 3 aromatic rings. The molecule has 1 heterocycles. The van der Waals surface area contributed by atoms with Gasteiger partial charge in [-0.2, -0.15) is 0 Å². The van der Waals surface area contributed by atoms with Gasteiger partial charge in [-0.3, -0.25) is 4.79 Å². The van der Waals surface area contributed by atoms with Gasteiger partial charge in [0.15, 0.2) is 11.5 Å². The number of hydrogen-bond acceptors (Lipinski definition) is 5. The molecule has 2 aromatic carbocycles. The Hall–Kier alpha value is -2.64. The number of rotatable bonds is 8. The van der Waals surface area contributed by atoms with Crippen LogP contribution in [0.15, 0.2) is 51.9 Å². The number of halogens is 1. The number of thiophene rings is 1. The second-order valence-electron chi connectivity index (χ2n) is 8.56. The zero-order chi connectivity index (χ0) is 24.6. The highest BCUT2D eigenvalue weighted by Crippen LogP contribution is 2.40. The summed E-state index contributed by atoms with van der Waals surface area (Å²) in [5.41, 5.74) is 3.53. The van der Waals surface area contributed by atoms with E-state index in [1.165, 1.54) is 17.7 Å².